The molecule has 2 aliphatic rings. The summed E-state index contributed by atoms with van der Waals surface area (Å²) < 4.78 is 40.3. The van der Waals surface area contributed by atoms with E-state index in [4.69, 9.17) is 16.8 Å². The third-order valence-electron chi connectivity index (χ3n) is 5.10. The monoisotopic (exact) mass is 475 g/mol. The lowest BCUT2D eigenvalue weighted by Gasteiger charge is -2.36. The topological polar surface area (TPSA) is 56.1 Å². The van der Waals surface area contributed by atoms with Gasteiger partial charge >= 0.3 is 6.18 Å². The Balaban J connectivity index is 1.45. The van der Waals surface area contributed by atoms with Crippen molar-refractivity contribution in [3.05, 3.63) is 45.3 Å². The van der Waals surface area contributed by atoms with Gasteiger partial charge in [0.2, 0.25) is 0 Å². The molecule has 1 saturated heterocycles. The molecule has 2 aliphatic heterocycles. The highest BCUT2D eigenvalue weighted by atomic mass is 35.5. The highest BCUT2D eigenvalue weighted by molar-refractivity contribution is 8.01. The molecule has 1 N–H and O–H groups in total. The molecule has 3 heterocycles. The Morgan fingerprint density at radius 3 is 2.57 bits per heavy atom. The molecule has 0 atom stereocenters. The zero-order valence-electron chi connectivity index (χ0n) is 15.6. The maximum atomic E-state index is 13.1. The Labute approximate surface area is 184 Å². The number of nitrogens with zero attached hydrogens (tertiary/aromatic N) is 3. The molecule has 0 radical (unpaired) electrons. The van der Waals surface area contributed by atoms with E-state index in [2.05, 4.69) is 5.16 Å². The van der Waals surface area contributed by atoms with Crippen LogP contribution in [-0.2, 0) is 6.18 Å². The third-order valence-corrected chi connectivity index (χ3v) is 7.84. The number of piperazine rings is 1. The fourth-order valence-corrected chi connectivity index (χ4v) is 6.19. The molecule has 0 unspecified atom stereocenters. The second kappa shape index (κ2) is 8.32. The lowest BCUT2D eigenvalue weighted by atomic mass is 10.1. The highest BCUT2D eigenvalue weighted by Crippen LogP contribution is 2.39. The fraction of sp³-hybridized carbons (Fsp3) is 0.368. The van der Waals surface area contributed by atoms with Crippen LogP contribution in [0.3, 0.4) is 0 Å². The van der Waals surface area contributed by atoms with Crippen molar-refractivity contribution < 1.29 is 23.2 Å². The predicted molar refractivity (Wildman–Crippen MR) is 113 cm³/mol. The Kier molecular flexibility index (Phi) is 5.91. The highest BCUT2D eigenvalue weighted by Gasteiger charge is 2.34. The SMILES string of the molecule is O=C(c1cc2c(s1)SCCC2=NO)N1CCN(c2ccc(Cl)c(C(F)(F)F)c2)CC1. The first kappa shape index (κ1) is 21.3. The van der Waals surface area contributed by atoms with Gasteiger partial charge in [-0.3, -0.25) is 4.79 Å². The number of anilines is 1. The summed E-state index contributed by atoms with van der Waals surface area (Å²) in [5.41, 5.74) is 0.974. The molecule has 2 aromatic rings. The van der Waals surface area contributed by atoms with Crippen molar-refractivity contribution in [2.24, 2.45) is 5.16 Å². The van der Waals surface area contributed by atoms with Gasteiger partial charge in [0.1, 0.15) is 0 Å². The number of halogens is 4. The summed E-state index contributed by atoms with van der Waals surface area (Å²) in [6, 6.07) is 5.64. The number of fused-ring (bicyclic) bond motifs is 1. The van der Waals surface area contributed by atoms with E-state index in [-0.39, 0.29) is 10.9 Å². The molecular weight excluding hydrogens is 459 g/mol. The summed E-state index contributed by atoms with van der Waals surface area (Å²) in [5.74, 6) is 0.694. The van der Waals surface area contributed by atoms with Crippen LogP contribution in [0.25, 0.3) is 0 Å². The van der Waals surface area contributed by atoms with Crippen LogP contribution in [-0.4, -0.2) is 53.7 Å². The Morgan fingerprint density at radius 2 is 1.90 bits per heavy atom. The van der Waals surface area contributed by atoms with Crippen molar-refractivity contribution in [2.45, 2.75) is 16.8 Å². The van der Waals surface area contributed by atoms with Gasteiger partial charge in [-0.1, -0.05) is 16.8 Å². The molecule has 1 aromatic heterocycles. The zero-order chi connectivity index (χ0) is 21.5. The maximum absolute atomic E-state index is 13.1. The average Bonchev–Trinajstić information content (AvgIpc) is 3.17. The number of benzene rings is 1. The van der Waals surface area contributed by atoms with Gasteiger partial charge in [-0.25, -0.2) is 0 Å². The summed E-state index contributed by atoms with van der Waals surface area (Å²) in [6.45, 7) is 1.65. The van der Waals surface area contributed by atoms with Crippen molar-refractivity contribution in [3.63, 3.8) is 0 Å². The van der Waals surface area contributed by atoms with Gasteiger partial charge < -0.3 is 15.0 Å². The summed E-state index contributed by atoms with van der Waals surface area (Å²) in [7, 11) is 0. The molecule has 160 valence electrons. The number of hydrogen-bond acceptors (Lipinski definition) is 6. The molecule has 0 spiro atoms. The summed E-state index contributed by atoms with van der Waals surface area (Å²) in [5, 5.41) is 12.2. The number of rotatable bonds is 2. The summed E-state index contributed by atoms with van der Waals surface area (Å²) >= 11 is 8.73. The van der Waals surface area contributed by atoms with Crippen molar-refractivity contribution in [2.75, 3.05) is 36.8 Å². The molecule has 0 saturated carbocycles. The van der Waals surface area contributed by atoms with Crippen molar-refractivity contribution in [3.8, 4) is 0 Å². The van der Waals surface area contributed by atoms with E-state index in [1.807, 2.05) is 4.90 Å². The first-order valence-electron chi connectivity index (χ1n) is 9.17. The van der Waals surface area contributed by atoms with Crippen molar-refractivity contribution >= 4 is 52.0 Å². The Bertz CT molecular complexity index is 1000. The lowest BCUT2D eigenvalue weighted by Crippen LogP contribution is -2.48. The van der Waals surface area contributed by atoms with Gasteiger partial charge in [-0.2, -0.15) is 13.2 Å². The number of carbonyl (C=O) groups excluding carboxylic acids is 1. The number of carbonyl (C=O) groups is 1. The van der Waals surface area contributed by atoms with E-state index < -0.39 is 11.7 Å². The molecule has 30 heavy (non-hydrogen) atoms. The number of thiophene rings is 1. The van der Waals surface area contributed by atoms with E-state index in [1.54, 1.807) is 28.8 Å². The lowest BCUT2D eigenvalue weighted by molar-refractivity contribution is -0.137. The van der Waals surface area contributed by atoms with Crippen LogP contribution in [0, 0.1) is 0 Å². The van der Waals surface area contributed by atoms with E-state index in [9.17, 15) is 18.0 Å². The van der Waals surface area contributed by atoms with Crippen molar-refractivity contribution in [1.82, 2.24) is 4.90 Å². The zero-order valence-corrected chi connectivity index (χ0v) is 18.0. The number of oxime groups is 1. The molecule has 1 aromatic carbocycles. The van der Waals surface area contributed by atoms with Crippen LogP contribution in [0.4, 0.5) is 18.9 Å². The minimum atomic E-state index is -4.52. The first-order valence-corrected chi connectivity index (χ1v) is 11.3. The van der Waals surface area contributed by atoms with Crippen LogP contribution < -0.4 is 4.90 Å². The Morgan fingerprint density at radius 1 is 1.17 bits per heavy atom. The van der Waals surface area contributed by atoms with Gasteiger partial charge in [0.25, 0.3) is 5.91 Å². The van der Waals surface area contributed by atoms with E-state index >= 15 is 0 Å². The summed E-state index contributed by atoms with van der Waals surface area (Å²) in [4.78, 5) is 17.0. The number of amides is 1. The Hall–Kier alpha value is -1.91. The second-order valence-corrected chi connectivity index (χ2v) is 9.72. The molecular formula is C19H17ClF3N3O2S2. The van der Waals surface area contributed by atoms with Gasteiger partial charge in [-0.15, -0.1) is 23.1 Å². The minimum Gasteiger partial charge on any atom is -0.411 e. The van der Waals surface area contributed by atoms with Crippen LogP contribution >= 0.6 is 34.7 Å². The van der Waals surface area contributed by atoms with Crippen LogP contribution in [0.2, 0.25) is 5.02 Å². The van der Waals surface area contributed by atoms with Gasteiger partial charge in [0.15, 0.2) is 0 Å². The quantitative estimate of drug-likeness (QED) is 0.487. The fourth-order valence-electron chi connectivity index (χ4n) is 3.52. The normalized spacial score (nSPS) is 18.6. The number of alkyl halides is 3. The number of hydrogen-bond donors (Lipinski definition) is 1. The van der Waals surface area contributed by atoms with E-state index in [0.717, 1.165) is 21.6 Å². The van der Waals surface area contributed by atoms with E-state index in [0.29, 0.717) is 48.9 Å². The predicted octanol–water partition coefficient (Wildman–Crippen LogP) is 5.06. The largest absolute Gasteiger partial charge is 0.417 e. The summed E-state index contributed by atoms with van der Waals surface area (Å²) in [6.07, 6.45) is -3.86. The molecule has 0 bridgehead atoms. The van der Waals surface area contributed by atoms with Gasteiger partial charge in [-0.05, 0) is 24.3 Å². The van der Waals surface area contributed by atoms with Crippen LogP contribution in [0.5, 0.6) is 0 Å². The molecule has 11 heteroatoms. The van der Waals surface area contributed by atoms with Crippen LogP contribution in [0.1, 0.15) is 27.2 Å². The van der Waals surface area contributed by atoms with Crippen molar-refractivity contribution in [1.29, 1.82) is 0 Å². The molecule has 1 fully saturated rings. The standard InChI is InChI=1S/C19H17ClF3N3O2S2/c20-14-2-1-11(9-13(14)19(21,22)23)25-4-6-26(7-5-25)17(27)16-10-12-15(24-28)3-8-29-18(12)30-16/h1-2,9-10,28H,3-8H2. The van der Waals surface area contributed by atoms with Gasteiger partial charge in [0.05, 0.1) is 25.4 Å². The van der Waals surface area contributed by atoms with E-state index in [1.165, 1.54) is 17.4 Å². The first-order chi connectivity index (χ1) is 14.3. The molecule has 0 aliphatic carbocycles. The van der Waals surface area contributed by atoms with Gasteiger partial charge in [0, 0.05) is 49.6 Å². The average molecular weight is 476 g/mol. The molecule has 4 rings (SSSR count). The van der Waals surface area contributed by atoms with Crippen LogP contribution in [0.15, 0.2) is 33.6 Å². The molecule has 1 amide bonds. The smallest absolute Gasteiger partial charge is 0.411 e. The molecule has 5 nitrogen and oxygen atoms in total. The second-order valence-electron chi connectivity index (χ2n) is 6.90. The minimum absolute atomic E-state index is 0.112. The maximum Gasteiger partial charge on any atom is 0.417 e. The third kappa shape index (κ3) is 4.13. The number of thioether (sulfide) groups is 1.